The van der Waals surface area contributed by atoms with Crippen molar-refractivity contribution in [3.8, 4) is 11.4 Å². The van der Waals surface area contributed by atoms with Crippen LogP contribution in [-0.2, 0) is 0 Å². The van der Waals surface area contributed by atoms with Crippen LogP contribution < -0.4 is 20.9 Å². The number of pyridine rings is 1. The molecule has 0 radical (unpaired) electrons. The third-order valence-electron chi connectivity index (χ3n) is 7.99. The first-order chi connectivity index (χ1) is 19.6. The van der Waals surface area contributed by atoms with Gasteiger partial charge in [0.25, 0.3) is 0 Å². The van der Waals surface area contributed by atoms with Crippen LogP contribution in [0.2, 0.25) is 0 Å². The number of fused-ring (bicyclic) bond motifs is 1. The van der Waals surface area contributed by atoms with Crippen molar-refractivity contribution < 1.29 is 0 Å². The fourth-order valence-corrected chi connectivity index (χ4v) is 5.93. The maximum atomic E-state index is 7.22. The normalized spacial score (nSPS) is 17.8. The minimum atomic E-state index is 0.441. The molecule has 4 heterocycles. The van der Waals surface area contributed by atoms with Crippen LogP contribution in [-0.4, -0.2) is 103 Å². The Morgan fingerprint density at radius 3 is 2.52 bits per heavy atom. The highest BCUT2D eigenvalue weighted by molar-refractivity contribution is 9.10. The molecule has 3 aromatic rings. The lowest BCUT2D eigenvalue weighted by Gasteiger charge is -2.36. The SMILES string of the molecule is CCN1CCC(Nc2c(Br)cnc3[nH]c(-c4ccc(N5CCN(CCN/C(=C/C=N)NC)CC5)cc4)nc23)CC1. The Kier molecular flexibility index (Phi) is 9.56. The molecule has 40 heavy (non-hydrogen) atoms. The molecule has 0 aliphatic carbocycles. The van der Waals surface area contributed by atoms with Crippen LogP contribution in [0.25, 0.3) is 22.6 Å². The van der Waals surface area contributed by atoms with Crippen LogP contribution in [0.4, 0.5) is 11.4 Å². The smallest absolute Gasteiger partial charge is 0.159 e. The number of piperazine rings is 1. The van der Waals surface area contributed by atoms with E-state index in [1.807, 2.05) is 13.2 Å². The highest BCUT2D eigenvalue weighted by Gasteiger charge is 2.22. The van der Waals surface area contributed by atoms with Crippen molar-refractivity contribution >= 4 is 44.7 Å². The number of aromatic amines is 1. The number of nitrogens with one attached hydrogen (secondary N) is 5. The molecule has 5 N–H and O–H groups in total. The highest BCUT2D eigenvalue weighted by atomic mass is 79.9. The molecule has 0 unspecified atom stereocenters. The van der Waals surface area contributed by atoms with Crippen molar-refractivity contribution in [2.24, 2.45) is 0 Å². The number of nitrogens with zero attached hydrogens (tertiary/aromatic N) is 5. The molecule has 2 aromatic heterocycles. The first-order valence-corrected chi connectivity index (χ1v) is 15.1. The maximum absolute atomic E-state index is 7.22. The number of hydrogen-bond acceptors (Lipinski definition) is 9. The summed E-state index contributed by atoms with van der Waals surface area (Å²) in [6.45, 7) is 11.5. The minimum Gasteiger partial charge on any atom is -0.379 e. The summed E-state index contributed by atoms with van der Waals surface area (Å²) in [7, 11) is 1.86. The van der Waals surface area contributed by atoms with E-state index in [4.69, 9.17) is 10.4 Å². The van der Waals surface area contributed by atoms with Crippen molar-refractivity contribution in [3.63, 3.8) is 0 Å². The summed E-state index contributed by atoms with van der Waals surface area (Å²) in [5.74, 6) is 1.72. The van der Waals surface area contributed by atoms with Gasteiger partial charge >= 0.3 is 0 Å². The van der Waals surface area contributed by atoms with E-state index in [0.717, 1.165) is 110 Å². The van der Waals surface area contributed by atoms with Crippen molar-refractivity contribution in [1.29, 1.82) is 5.41 Å². The Morgan fingerprint density at radius 1 is 1.10 bits per heavy atom. The molecule has 0 amide bonds. The molecule has 10 nitrogen and oxygen atoms in total. The van der Waals surface area contributed by atoms with E-state index in [-0.39, 0.29) is 0 Å². The topological polar surface area (TPSA) is 111 Å². The minimum absolute atomic E-state index is 0.441. The van der Waals surface area contributed by atoms with Gasteiger partial charge < -0.3 is 36.1 Å². The van der Waals surface area contributed by atoms with Crippen molar-refractivity contribution in [3.05, 3.63) is 46.8 Å². The summed E-state index contributed by atoms with van der Waals surface area (Å²) in [5.41, 5.74) is 5.01. The van der Waals surface area contributed by atoms with Gasteiger partial charge in [-0.05, 0) is 65.7 Å². The lowest BCUT2D eigenvalue weighted by atomic mass is 10.0. The van der Waals surface area contributed by atoms with E-state index >= 15 is 0 Å². The summed E-state index contributed by atoms with van der Waals surface area (Å²) in [6, 6.07) is 9.15. The molecule has 0 spiro atoms. The number of halogens is 1. The molecule has 11 heteroatoms. The van der Waals surface area contributed by atoms with Gasteiger partial charge in [0.1, 0.15) is 11.3 Å². The molecule has 0 saturated carbocycles. The van der Waals surface area contributed by atoms with Gasteiger partial charge in [-0.3, -0.25) is 4.90 Å². The van der Waals surface area contributed by atoms with Crippen molar-refractivity contribution in [2.75, 3.05) is 76.2 Å². The lowest BCUT2D eigenvalue weighted by molar-refractivity contribution is 0.229. The van der Waals surface area contributed by atoms with E-state index < -0.39 is 0 Å². The zero-order valence-corrected chi connectivity index (χ0v) is 25.1. The number of allylic oxidation sites excluding steroid dienone is 1. The molecule has 1 aromatic carbocycles. The number of benzene rings is 1. The van der Waals surface area contributed by atoms with Gasteiger partial charge in [-0.2, -0.15) is 0 Å². The highest BCUT2D eigenvalue weighted by Crippen LogP contribution is 2.33. The fourth-order valence-electron chi connectivity index (χ4n) is 5.52. The number of hydrogen-bond donors (Lipinski definition) is 5. The number of anilines is 2. The summed E-state index contributed by atoms with van der Waals surface area (Å²) in [4.78, 5) is 20.5. The predicted molar refractivity (Wildman–Crippen MR) is 168 cm³/mol. The second-order valence-electron chi connectivity index (χ2n) is 10.4. The van der Waals surface area contributed by atoms with Crippen LogP contribution in [0.5, 0.6) is 0 Å². The maximum Gasteiger partial charge on any atom is 0.159 e. The van der Waals surface area contributed by atoms with Crippen LogP contribution in [0, 0.1) is 5.41 Å². The molecule has 2 aliphatic rings. The second-order valence-corrected chi connectivity index (χ2v) is 11.3. The zero-order chi connectivity index (χ0) is 27.9. The van der Waals surface area contributed by atoms with Gasteiger partial charge in [0.05, 0.1) is 16.0 Å². The number of rotatable bonds is 11. The molecule has 2 fully saturated rings. The zero-order valence-electron chi connectivity index (χ0n) is 23.5. The third-order valence-corrected chi connectivity index (χ3v) is 8.59. The Hall–Kier alpha value is -3.15. The Bertz CT molecular complexity index is 1290. The monoisotopic (exact) mass is 608 g/mol. The van der Waals surface area contributed by atoms with E-state index in [2.05, 4.69) is 87.7 Å². The van der Waals surface area contributed by atoms with Crippen LogP contribution in [0.1, 0.15) is 19.8 Å². The quantitative estimate of drug-likeness (QED) is 0.210. The summed E-state index contributed by atoms with van der Waals surface area (Å²) in [5, 5.41) is 17.4. The first kappa shape index (κ1) is 28.4. The average Bonchev–Trinajstić information content (AvgIpc) is 3.44. The average molecular weight is 610 g/mol. The first-order valence-electron chi connectivity index (χ1n) is 14.3. The lowest BCUT2D eigenvalue weighted by Crippen LogP contribution is -2.48. The summed E-state index contributed by atoms with van der Waals surface area (Å²) in [6.07, 6.45) is 7.15. The Balaban J connectivity index is 1.19. The molecule has 0 atom stereocenters. The molecule has 0 bridgehead atoms. The molecular weight excluding hydrogens is 568 g/mol. The Labute approximate surface area is 245 Å². The van der Waals surface area contributed by atoms with E-state index in [9.17, 15) is 0 Å². The molecule has 214 valence electrons. The number of piperidine rings is 1. The van der Waals surface area contributed by atoms with Crippen LogP contribution in [0.15, 0.2) is 46.8 Å². The van der Waals surface area contributed by atoms with Gasteiger partial charge in [0.15, 0.2) is 5.65 Å². The number of likely N-dealkylation sites (tertiary alicyclic amines) is 1. The van der Waals surface area contributed by atoms with Gasteiger partial charge in [0, 0.05) is 89.1 Å². The van der Waals surface area contributed by atoms with Gasteiger partial charge in [-0.1, -0.05) is 6.92 Å². The molecule has 2 aliphatic heterocycles. The molecule has 5 rings (SSSR count). The summed E-state index contributed by atoms with van der Waals surface area (Å²) >= 11 is 3.71. The standard InChI is InChI=1S/C29H41BrN10/c1-3-38-13-9-22(10-14-38)35-26-24(30)20-34-29-27(26)36-28(37-29)21-4-6-23(7-5-21)40-18-16-39(17-19-40)15-12-33-25(32-2)8-11-31/h4-8,11,20,22,31-33H,3,9-10,12-19H2,1-2H3,(H2,34,35,36,37)/b25-8+,31-11?. The van der Waals surface area contributed by atoms with Gasteiger partial charge in [-0.15, -0.1) is 0 Å². The summed E-state index contributed by atoms with van der Waals surface area (Å²) < 4.78 is 0.951. The third kappa shape index (κ3) is 6.76. The Morgan fingerprint density at radius 2 is 1.85 bits per heavy atom. The molecular formula is C29H41BrN10. The van der Waals surface area contributed by atoms with Crippen LogP contribution in [0.3, 0.4) is 0 Å². The van der Waals surface area contributed by atoms with Gasteiger partial charge in [0.2, 0.25) is 0 Å². The number of H-pyrrole nitrogens is 1. The van der Waals surface area contributed by atoms with Crippen molar-refractivity contribution in [2.45, 2.75) is 25.8 Å². The molecule has 2 saturated heterocycles. The fraction of sp³-hybridized carbons (Fsp3) is 0.483. The largest absolute Gasteiger partial charge is 0.379 e. The predicted octanol–water partition coefficient (Wildman–Crippen LogP) is 3.71. The van der Waals surface area contributed by atoms with Crippen LogP contribution >= 0.6 is 15.9 Å². The van der Waals surface area contributed by atoms with E-state index in [1.165, 1.54) is 11.9 Å². The van der Waals surface area contributed by atoms with E-state index in [0.29, 0.717) is 6.04 Å². The number of imidazole rings is 1. The second kappa shape index (κ2) is 13.5. The number of aromatic nitrogens is 3. The van der Waals surface area contributed by atoms with Crippen molar-refractivity contribution in [1.82, 2.24) is 35.4 Å². The van der Waals surface area contributed by atoms with E-state index in [1.54, 1.807) is 6.08 Å². The van der Waals surface area contributed by atoms with Gasteiger partial charge in [-0.25, -0.2) is 9.97 Å².